The molecular formula is C12H20BrN3. The summed E-state index contributed by atoms with van der Waals surface area (Å²) in [5.74, 6) is 0.866. The first kappa shape index (κ1) is 13.4. The summed E-state index contributed by atoms with van der Waals surface area (Å²) in [7, 11) is 0. The van der Waals surface area contributed by atoms with Gasteiger partial charge >= 0.3 is 0 Å². The van der Waals surface area contributed by atoms with E-state index in [-0.39, 0.29) is 0 Å². The summed E-state index contributed by atoms with van der Waals surface area (Å²) in [6.07, 6.45) is 2.38. The van der Waals surface area contributed by atoms with Gasteiger partial charge in [-0.1, -0.05) is 29.3 Å². The van der Waals surface area contributed by atoms with Gasteiger partial charge in [0.1, 0.15) is 0 Å². The van der Waals surface area contributed by atoms with Crippen molar-refractivity contribution in [2.45, 2.75) is 33.6 Å². The van der Waals surface area contributed by atoms with E-state index in [0.29, 0.717) is 0 Å². The molecule has 16 heavy (non-hydrogen) atoms. The second-order valence-corrected chi connectivity index (χ2v) is 4.77. The number of aromatic nitrogens is 2. The highest BCUT2D eigenvalue weighted by molar-refractivity contribution is 9.09. The molecule has 1 aromatic heterocycles. The summed E-state index contributed by atoms with van der Waals surface area (Å²) in [4.78, 5) is 11.2. The van der Waals surface area contributed by atoms with Gasteiger partial charge in [0.25, 0.3) is 0 Å². The van der Waals surface area contributed by atoms with Gasteiger partial charge in [0.15, 0.2) is 0 Å². The van der Waals surface area contributed by atoms with Crippen LogP contribution in [0.2, 0.25) is 0 Å². The van der Waals surface area contributed by atoms with Crippen LogP contribution in [0.25, 0.3) is 0 Å². The van der Waals surface area contributed by atoms with Crippen molar-refractivity contribution in [2.24, 2.45) is 0 Å². The molecule has 0 aliphatic heterocycles. The fourth-order valence-corrected chi connectivity index (χ4v) is 2.04. The molecule has 0 aliphatic rings. The summed E-state index contributed by atoms with van der Waals surface area (Å²) in [6, 6.07) is 2.01. The van der Waals surface area contributed by atoms with Gasteiger partial charge in [-0.3, -0.25) is 0 Å². The van der Waals surface area contributed by atoms with E-state index in [1.165, 1.54) is 12.8 Å². The molecule has 3 nitrogen and oxygen atoms in total. The molecule has 0 atom stereocenters. The average Bonchev–Trinajstić information content (AvgIpc) is 2.22. The molecule has 0 saturated carbocycles. The number of rotatable bonds is 6. The Hall–Kier alpha value is -0.640. The molecule has 0 N–H and O–H groups in total. The highest BCUT2D eigenvalue weighted by atomic mass is 79.9. The van der Waals surface area contributed by atoms with E-state index in [1.807, 2.05) is 19.9 Å². The third-order valence-corrected chi connectivity index (χ3v) is 2.74. The molecule has 0 radical (unpaired) electrons. The van der Waals surface area contributed by atoms with Crippen LogP contribution in [-0.2, 0) is 0 Å². The number of halogens is 1. The van der Waals surface area contributed by atoms with Crippen LogP contribution >= 0.6 is 15.9 Å². The van der Waals surface area contributed by atoms with E-state index in [0.717, 1.165) is 35.8 Å². The predicted octanol–water partition coefficient (Wildman–Crippen LogP) is 3.09. The van der Waals surface area contributed by atoms with Crippen LogP contribution in [0.4, 0.5) is 5.95 Å². The van der Waals surface area contributed by atoms with Crippen molar-refractivity contribution >= 4 is 21.9 Å². The molecule has 90 valence electrons. The molecule has 1 heterocycles. The number of alkyl halides is 1. The highest BCUT2D eigenvalue weighted by Crippen LogP contribution is 2.11. The molecule has 0 unspecified atom stereocenters. The number of hydrogen-bond donors (Lipinski definition) is 0. The summed E-state index contributed by atoms with van der Waals surface area (Å²) in [5, 5.41) is 0.951. The standard InChI is InChI=1S/C12H20BrN3/c1-4-5-7-16(8-6-13)12-14-10(2)9-11(3)15-12/h9H,4-8H2,1-3H3. The minimum Gasteiger partial charge on any atom is -0.340 e. The first-order valence-electron chi connectivity index (χ1n) is 5.80. The van der Waals surface area contributed by atoms with Gasteiger partial charge in [-0.05, 0) is 26.3 Å². The molecule has 1 rings (SSSR count). The Balaban J connectivity index is 2.82. The Labute approximate surface area is 106 Å². The minimum absolute atomic E-state index is 0.866. The van der Waals surface area contributed by atoms with E-state index < -0.39 is 0 Å². The summed E-state index contributed by atoms with van der Waals surface area (Å²) in [5.41, 5.74) is 2.08. The Bertz CT molecular complexity index is 308. The summed E-state index contributed by atoms with van der Waals surface area (Å²) < 4.78 is 0. The van der Waals surface area contributed by atoms with Crippen molar-refractivity contribution in [1.82, 2.24) is 9.97 Å². The van der Waals surface area contributed by atoms with E-state index in [9.17, 15) is 0 Å². The predicted molar refractivity (Wildman–Crippen MR) is 72.4 cm³/mol. The first-order valence-corrected chi connectivity index (χ1v) is 6.92. The lowest BCUT2D eigenvalue weighted by atomic mass is 10.3. The molecule has 0 fully saturated rings. The van der Waals surface area contributed by atoms with Gasteiger partial charge in [0.05, 0.1) is 0 Å². The fraction of sp³-hybridized carbons (Fsp3) is 0.667. The van der Waals surface area contributed by atoms with Gasteiger partial charge in [0.2, 0.25) is 5.95 Å². The molecule has 0 saturated heterocycles. The molecule has 0 spiro atoms. The van der Waals surface area contributed by atoms with Crippen LogP contribution in [0.5, 0.6) is 0 Å². The second-order valence-electron chi connectivity index (χ2n) is 3.98. The summed E-state index contributed by atoms with van der Waals surface area (Å²) >= 11 is 3.48. The Morgan fingerprint density at radius 3 is 2.31 bits per heavy atom. The molecule has 0 amide bonds. The highest BCUT2D eigenvalue weighted by Gasteiger charge is 2.09. The number of anilines is 1. The molecule has 0 aliphatic carbocycles. The third-order valence-electron chi connectivity index (χ3n) is 2.39. The number of aryl methyl sites for hydroxylation is 2. The van der Waals surface area contributed by atoms with Crippen LogP contribution in [0.3, 0.4) is 0 Å². The molecule has 0 bridgehead atoms. The van der Waals surface area contributed by atoms with E-state index in [2.05, 4.69) is 37.7 Å². The van der Waals surface area contributed by atoms with Crippen LogP contribution in [0.15, 0.2) is 6.07 Å². The Morgan fingerprint density at radius 2 is 1.81 bits per heavy atom. The van der Waals surface area contributed by atoms with E-state index >= 15 is 0 Å². The minimum atomic E-state index is 0.866. The Kier molecular flexibility index (Phi) is 5.74. The maximum Gasteiger partial charge on any atom is 0.225 e. The first-order chi connectivity index (χ1) is 7.67. The molecule has 4 heteroatoms. The van der Waals surface area contributed by atoms with Crippen molar-refractivity contribution in [2.75, 3.05) is 23.3 Å². The maximum atomic E-state index is 4.50. The van der Waals surface area contributed by atoms with Gasteiger partial charge in [-0.2, -0.15) is 0 Å². The molecular weight excluding hydrogens is 266 g/mol. The monoisotopic (exact) mass is 285 g/mol. The van der Waals surface area contributed by atoms with Crippen molar-refractivity contribution in [3.05, 3.63) is 17.5 Å². The van der Waals surface area contributed by atoms with Gasteiger partial charge in [0, 0.05) is 29.8 Å². The molecule has 0 aromatic carbocycles. The van der Waals surface area contributed by atoms with Crippen LogP contribution in [0.1, 0.15) is 31.2 Å². The fourth-order valence-electron chi connectivity index (χ4n) is 1.61. The van der Waals surface area contributed by atoms with Gasteiger partial charge < -0.3 is 4.90 Å². The number of unbranched alkanes of at least 4 members (excludes halogenated alkanes) is 1. The maximum absolute atomic E-state index is 4.50. The quantitative estimate of drug-likeness (QED) is 0.752. The van der Waals surface area contributed by atoms with Crippen molar-refractivity contribution in [3.63, 3.8) is 0 Å². The van der Waals surface area contributed by atoms with Gasteiger partial charge in [-0.25, -0.2) is 9.97 Å². The van der Waals surface area contributed by atoms with Gasteiger partial charge in [-0.15, -0.1) is 0 Å². The topological polar surface area (TPSA) is 29.0 Å². The normalized spacial score (nSPS) is 10.5. The zero-order valence-corrected chi connectivity index (χ0v) is 11.9. The van der Waals surface area contributed by atoms with Crippen molar-refractivity contribution < 1.29 is 0 Å². The lowest BCUT2D eigenvalue weighted by Gasteiger charge is -2.22. The summed E-state index contributed by atoms with van der Waals surface area (Å²) in [6.45, 7) is 8.23. The molecule has 1 aromatic rings. The third kappa shape index (κ3) is 4.08. The Morgan fingerprint density at radius 1 is 1.19 bits per heavy atom. The van der Waals surface area contributed by atoms with Crippen LogP contribution in [-0.4, -0.2) is 28.4 Å². The van der Waals surface area contributed by atoms with Crippen molar-refractivity contribution in [3.8, 4) is 0 Å². The largest absolute Gasteiger partial charge is 0.340 e. The SMILES string of the molecule is CCCCN(CCBr)c1nc(C)cc(C)n1. The lowest BCUT2D eigenvalue weighted by molar-refractivity contribution is 0.714. The zero-order chi connectivity index (χ0) is 12.0. The smallest absolute Gasteiger partial charge is 0.225 e. The van der Waals surface area contributed by atoms with Crippen molar-refractivity contribution in [1.29, 1.82) is 0 Å². The van der Waals surface area contributed by atoms with E-state index in [4.69, 9.17) is 0 Å². The van der Waals surface area contributed by atoms with Crippen LogP contribution in [0, 0.1) is 13.8 Å². The number of hydrogen-bond acceptors (Lipinski definition) is 3. The average molecular weight is 286 g/mol. The number of nitrogens with zero attached hydrogens (tertiary/aromatic N) is 3. The lowest BCUT2D eigenvalue weighted by Crippen LogP contribution is -2.28. The van der Waals surface area contributed by atoms with E-state index in [1.54, 1.807) is 0 Å². The zero-order valence-electron chi connectivity index (χ0n) is 10.3. The van der Waals surface area contributed by atoms with Crippen LogP contribution < -0.4 is 4.90 Å². The second kappa shape index (κ2) is 6.84.